The molecule has 1 amide bonds. The van der Waals surface area contributed by atoms with Crippen molar-refractivity contribution in [2.45, 2.75) is 6.92 Å². The molecule has 3 aromatic rings. The molecule has 0 saturated carbocycles. The number of fused-ring (bicyclic) bond motifs is 1. The Morgan fingerprint density at radius 3 is 2.33 bits per heavy atom. The number of amides is 1. The van der Waals surface area contributed by atoms with Gasteiger partial charge in [-0.1, -0.05) is 18.2 Å². The van der Waals surface area contributed by atoms with E-state index >= 15 is 0 Å². The number of rotatable bonds is 6. The van der Waals surface area contributed by atoms with E-state index in [9.17, 15) is 9.59 Å². The molecule has 0 fully saturated rings. The molecule has 3 rings (SSSR count). The highest BCUT2D eigenvalue weighted by Crippen LogP contribution is 2.30. The normalized spacial score (nSPS) is 10.5. The summed E-state index contributed by atoms with van der Waals surface area (Å²) in [5.41, 5.74) is 1.77. The maximum absolute atomic E-state index is 12.9. The number of carbonyl (C=O) groups is 2. The monoisotopic (exact) mass is 368 g/mol. The summed E-state index contributed by atoms with van der Waals surface area (Å²) in [5.74, 6) is -0.0306. The van der Waals surface area contributed by atoms with Gasteiger partial charge >= 0.3 is 5.97 Å². The van der Waals surface area contributed by atoms with Gasteiger partial charge in [0.25, 0.3) is 5.91 Å². The lowest BCUT2D eigenvalue weighted by Crippen LogP contribution is -2.15. The van der Waals surface area contributed by atoms with Crippen molar-refractivity contribution in [3.05, 3.63) is 53.7 Å². The minimum absolute atomic E-state index is 0.283. The molecular formula is C20H20N2O5. The van der Waals surface area contributed by atoms with E-state index in [1.54, 1.807) is 43.3 Å². The summed E-state index contributed by atoms with van der Waals surface area (Å²) < 4.78 is 15.6. The van der Waals surface area contributed by atoms with Crippen LogP contribution in [0, 0.1) is 0 Å². The Hall–Kier alpha value is -3.48. The van der Waals surface area contributed by atoms with Crippen LogP contribution in [-0.2, 0) is 4.74 Å². The number of esters is 1. The van der Waals surface area contributed by atoms with E-state index in [-0.39, 0.29) is 18.1 Å². The van der Waals surface area contributed by atoms with Gasteiger partial charge in [-0.2, -0.15) is 0 Å². The highest BCUT2D eigenvalue weighted by Gasteiger charge is 2.20. The van der Waals surface area contributed by atoms with E-state index in [0.29, 0.717) is 28.4 Å². The van der Waals surface area contributed by atoms with Gasteiger partial charge in [0.15, 0.2) is 0 Å². The topological polar surface area (TPSA) is 89.7 Å². The largest absolute Gasteiger partial charge is 0.496 e. The van der Waals surface area contributed by atoms with Crippen LogP contribution in [0.3, 0.4) is 0 Å². The number of H-pyrrole nitrogens is 1. The summed E-state index contributed by atoms with van der Waals surface area (Å²) in [6, 6.07) is 12.2. The standard InChI is InChI=1S/C20H20N2O5/c1-4-27-20(24)14-11-12-7-5-8-13(18(12)21-14)22-19(23)17-15(25-2)9-6-10-16(17)26-3/h5-11,21H,4H2,1-3H3,(H,22,23). The lowest BCUT2D eigenvalue weighted by molar-refractivity contribution is 0.0520. The van der Waals surface area contributed by atoms with Gasteiger partial charge in [0, 0.05) is 5.39 Å². The molecule has 2 aromatic carbocycles. The number of hydrogen-bond donors (Lipinski definition) is 2. The van der Waals surface area contributed by atoms with Crippen molar-refractivity contribution >= 4 is 28.5 Å². The van der Waals surface area contributed by atoms with E-state index in [2.05, 4.69) is 10.3 Å². The molecule has 0 aliphatic rings. The minimum Gasteiger partial charge on any atom is -0.496 e. The molecule has 0 atom stereocenters. The second kappa shape index (κ2) is 7.82. The van der Waals surface area contributed by atoms with Crippen LogP contribution in [0.15, 0.2) is 42.5 Å². The van der Waals surface area contributed by atoms with E-state index < -0.39 is 5.97 Å². The first-order valence-electron chi connectivity index (χ1n) is 8.40. The van der Waals surface area contributed by atoms with Gasteiger partial charge in [0.1, 0.15) is 22.8 Å². The summed E-state index contributed by atoms with van der Waals surface area (Å²) >= 11 is 0. The van der Waals surface area contributed by atoms with Gasteiger partial charge < -0.3 is 24.5 Å². The zero-order valence-corrected chi connectivity index (χ0v) is 15.3. The smallest absolute Gasteiger partial charge is 0.354 e. The van der Waals surface area contributed by atoms with Crippen LogP contribution >= 0.6 is 0 Å². The molecule has 0 radical (unpaired) electrons. The number of para-hydroxylation sites is 1. The van der Waals surface area contributed by atoms with Crippen LogP contribution in [0.1, 0.15) is 27.8 Å². The lowest BCUT2D eigenvalue weighted by Gasteiger charge is -2.13. The summed E-state index contributed by atoms with van der Waals surface area (Å²) in [6.07, 6.45) is 0. The third kappa shape index (κ3) is 3.57. The first kappa shape index (κ1) is 18.3. The molecule has 27 heavy (non-hydrogen) atoms. The molecule has 7 heteroatoms. The predicted octanol–water partition coefficient (Wildman–Crippen LogP) is 3.61. The summed E-state index contributed by atoms with van der Waals surface area (Å²) in [7, 11) is 2.98. The third-order valence-electron chi connectivity index (χ3n) is 4.05. The molecule has 1 heterocycles. The summed E-state index contributed by atoms with van der Waals surface area (Å²) in [5, 5.41) is 3.63. The Morgan fingerprint density at radius 1 is 1.04 bits per heavy atom. The van der Waals surface area contributed by atoms with Gasteiger partial charge in [0.05, 0.1) is 32.0 Å². The van der Waals surface area contributed by atoms with Crippen molar-refractivity contribution in [1.82, 2.24) is 4.98 Å². The van der Waals surface area contributed by atoms with Crippen molar-refractivity contribution in [3.8, 4) is 11.5 Å². The number of ether oxygens (including phenoxy) is 3. The number of nitrogens with one attached hydrogen (secondary N) is 2. The average molecular weight is 368 g/mol. The Kier molecular flexibility index (Phi) is 5.30. The first-order chi connectivity index (χ1) is 13.1. The Morgan fingerprint density at radius 2 is 1.70 bits per heavy atom. The number of aromatic nitrogens is 1. The van der Waals surface area contributed by atoms with Gasteiger partial charge in [-0.3, -0.25) is 4.79 Å². The SMILES string of the molecule is CCOC(=O)c1cc2cccc(NC(=O)c3c(OC)cccc3OC)c2[nH]1. The molecule has 7 nitrogen and oxygen atoms in total. The minimum atomic E-state index is -0.447. The Balaban J connectivity index is 1.98. The fraction of sp³-hybridized carbons (Fsp3) is 0.200. The lowest BCUT2D eigenvalue weighted by atomic mass is 10.1. The quantitative estimate of drug-likeness (QED) is 0.649. The van der Waals surface area contributed by atoms with Crippen LogP contribution in [0.2, 0.25) is 0 Å². The van der Waals surface area contributed by atoms with Crippen LogP contribution in [0.5, 0.6) is 11.5 Å². The van der Waals surface area contributed by atoms with E-state index in [4.69, 9.17) is 14.2 Å². The second-order valence-corrected chi connectivity index (χ2v) is 5.66. The molecule has 0 spiro atoms. The fourth-order valence-corrected chi connectivity index (χ4v) is 2.84. The zero-order valence-electron chi connectivity index (χ0n) is 15.3. The first-order valence-corrected chi connectivity index (χ1v) is 8.40. The van der Waals surface area contributed by atoms with E-state index in [1.807, 2.05) is 6.07 Å². The highest BCUT2D eigenvalue weighted by molar-refractivity contribution is 6.12. The summed E-state index contributed by atoms with van der Waals surface area (Å²) in [6.45, 7) is 2.03. The van der Waals surface area contributed by atoms with Gasteiger partial charge in [0.2, 0.25) is 0 Å². The fourth-order valence-electron chi connectivity index (χ4n) is 2.84. The van der Waals surface area contributed by atoms with Crippen LogP contribution in [0.4, 0.5) is 5.69 Å². The maximum Gasteiger partial charge on any atom is 0.354 e. The van der Waals surface area contributed by atoms with E-state index in [0.717, 1.165) is 5.39 Å². The Bertz CT molecular complexity index is 971. The van der Waals surface area contributed by atoms with Gasteiger partial charge in [-0.05, 0) is 31.2 Å². The number of aromatic amines is 1. The Labute approximate surface area is 156 Å². The molecular weight excluding hydrogens is 348 g/mol. The average Bonchev–Trinajstić information content (AvgIpc) is 3.13. The van der Waals surface area contributed by atoms with Crippen molar-refractivity contribution in [1.29, 1.82) is 0 Å². The van der Waals surface area contributed by atoms with Crippen molar-refractivity contribution in [2.24, 2.45) is 0 Å². The van der Waals surface area contributed by atoms with Crippen molar-refractivity contribution < 1.29 is 23.8 Å². The van der Waals surface area contributed by atoms with Crippen molar-refractivity contribution in [3.63, 3.8) is 0 Å². The van der Waals surface area contributed by atoms with Crippen LogP contribution < -0.4 is 14.8 Å². The number of anilines is 1. The number of methoxy groups -OCH3 is 2. The number of hydrogen-bond acceptors (Lipinski definition) is 5. The molecule has 0 aliphatic heterocycles. The molecule has 140 valence electrons. The molecule has 0 saturated heterocycles. The van der Waals surface area contributed by atoms with Crippen LogP contribution in [-0.4, -0.2) is 37.7 Å². The molecule has 2 N–H and O–H groups in total. The van der Waals surface area contributed by atoms with Gasteiger partial charge in [-0.25, -0.2) is 4.79 Å². The molecule has 0 bridgehead atoms. The third-order valence-corrected chi connectivity index (χ3v) is 4.05. The predicted molar refractivity (Wildman–Crippen MR) is 102 cm³/mol. The molecule has 0 aliphatic carbocycles. The summed E-state index contributed by atoms with van der Waals surface area (Å²) in [4.78, 5) is 27.9. The highest BCUT2D eigenvalue weighted by atomic mass is 16.5. The van der Waals surface area contributed by atoms with Gasteiger partial charge in [-0.15, -0.1) is 0 Å². The second-order valence-electron chi connectivity index (χ2n) is 5.66. The van der Waals surface area contributed by atoms with Crippen molar-refractivity contribution in [2.75, 3.05) is 26.1 Å². The van der Waals surface area contributed by atoms with Crippen LogP contribution in [0.25, 0.3) is 10.9 Å². The zero-order chi connectivity index (χ0) is 19.4. The molecule has 1 aromatic heterocycles. The maximum atomic E-state index is 12.9. The molecule has 0 unspecified atom stereocenters. The van der Waals surface area contributed by atoms with E-state index in [1.165, 1.54) is 14.2 Å². The number of benzene rings is 2. The number of carbonyl (C=O) groups excluding carboxylic acids is 2.